The lowest BCUT2D eigenvalue weighted by atomic mass is 9.84. The summed E-state index contributed by atoms with van der Waals surface area (Å²) < 4.78 is 0. The van der Waals surface area contributed by atoms with E-state index in [0.717, 1.165) is 11.3 Å². The largest absolute Gasteiger partial charge is 0.353 e. The lowest BCUT2D eigenvalue weighted by Gasteiger charge is -2.27. The van der Waals surface area contributed by atoms with Crippen molar-refractivity contribution in [1.29, 1.82) is 0 Å². The van der Waals surface area contributed by atoms with Gasteiger partial charge >= 0.3 is 0 Å². The van der Waals surface area contributed by atoms with E-state index < -0.39 is 6.04 Å². The average Bonchev–Trinajstić information content (AvgIpc) is 2.56. The fourth-order valence-corrected chi connectivity index (χ4v) is 2.91. The Hall–Kier alpha value is -1.20. The first-order chi connectivity index (χ1) is 11.3. The molecule has 1 atom stereocenters. The van der Waals surface area contributed by atoms with Gasteiger partial charge in [-0.25, -0.2) is 0 Å². The molecule has 0 aliphatic carbocycles. The van der Waals surface area contributed by atoms with E-state index in [1.165, 1.54) is 0 Å². The predicted octanol–water partition coefficient (Wildman–Crippen LogP) is 3.38. The topological polar surface area (TPSA) is 58.2 Å². The quantitative estimate of drug-likeness (QED) is 0.700. The van der Waals surface area contributed by atoms with Gasteiger partial charge in [0.15, 0.2) is 0 Å². The zero-order valence-corrected chi connectivity index (χ0v) is 16.4. The summed E-state index contributed by atoms with van der Waals surface area (Å²) in [7, 11) is 0. The molecule has 1 aromatic rings. The van der Waals surface area contributed by atoms with Gasteiger partial charge in [0, 0.05) is 23.4 Å². The van der Waals surface area contributed by atoms with E-state index in [1.54, 1.807) is 18.7 Å². The Bertz CT molecular complexity index is 564. The summed E-state index contributed by atoms with van der Waals surface area (Å²) in [5.74, 6) is 0.575. The number of thioether (sulfide) groups is 1. The zero-order chi connectivity index (χ0) is 18.2. The van der Waals surface area contributed by atoms with Crippen LogP contribution in [0, 0.1) is 0 Å². The molecule has 0 saturated carbocycles. The summed E-state index contributed by atoms with van der Waals surface area (Å²) >= 11 is 7.72. The Morgan fingerprint density at radius 3 is 2.62 bits per heavy atom. The van der Waals surface area contributed by atoms with Gasteiger partial charge in [-0.2, -0.15) is 11.8 Å². The first kappa shape index (κ1) is 20.8. The van der Waals surface area contributed by atoms with Crippen molar-refractivity contribution in [2.24, 2.45) is 0 Å². The monoisotopic (exact) mass is 370 g/mol. The SMILES string of the molecule is CCC(=O)N[C@@H](CCSC)C(=O)NCC(C)(C)c1cccc(Cl)c1. The van der Waals surface area contributed by atoms with Crippen LogP contribution in [-0.2, 0) is 15.0 Å². The van der Waals surface area contributed by atoms with Crippen molar-refractivity contribution in [1.82, 2.24) is 10.6 Å². The summed E-state index contributed by atoms with van der Waals surface area (Å²) in [6.07, 6.45) is 2.98. The van der Waals surface area contributed by atoms with E-state index in [2.05, 4.69) is 24.5 Å². The standard InChI is InChI=1S/C18H27ClN2O2S/c1-5-16(22)21-15(9-10-24-4)17(23)20-12-18(2,3)13-7-6-8-14(19)11-13/h6-8,11,15H,5,9-10,12H2,1-4H3,(H,20,23)(H,21,22)/t15-/m0/s1. The molecule has 0 radical (unpaired) electrons. The minimum absolute atomic E-state index is 0.106. The Kier molecular flexibility index (Phi) is 8.63. The van der Waals surface area contributed by atoms with E-state index in [4.69, 9.17) is 11.6 Å². The molecule has 24 heavy (non-hydrogen) atoms. The highest BCUT2D eigenvalue weighted by molar-refractivity contribution is 7.98. The van der Waals surface area contributed by atoms with Crippen LogP contribution >= 0.6 is 23.4 Å². The van der Waals surface area contributed by atoms with Crippen molar-refractivity contribution in [3.8, 4) is 0 Å². The Morgan fingerprint density at radius 1 is 1.33 bits per heavy atom. The second-order valence-electron chi connectivity index (χ2n) is 6.37. The molecule has 0 saturated heterocycles. The lowest BCUT2D eigenvalue weighted by Crippen LogP contribution is -2.49. The molecule has 0 aliphatic heterocycles. The summed E-state index contributed by atoms with van der Waals surface area (Å²) in [5, 5.41) is 6.45. The van der Waals surface area contributed by atoms with Gasteiger partial charge in [0.1, 0.15) is 6.04 Å². The molecule has 6 heteroatoms. The molecule has 0 unspecified atom stereocenters. The minimum Gasteiger partial charge on any atom is -0.353 e. The number of hydrogen-bond donors (Lipinski definition) is 2. The van der Waals surface area contributed by atoms with E-state index in [0.29, 0.717) is 24.4 Å². The van der Waals surface area contributed by atoms with Crippen molar-refractivity contribution < 1.29 is 9.59 Å². The van der Waals surface area contributed by atoms with Crippen molar-refractivity contribution in [3.05, 3.63) is 34.9 Å². The van der Waals surface area contributed by atoms with Crippen molar-refractivity contribution in [2.75, 3.05) is 18.6 Å². The van der Waals surface area contributed by atoms with Crippen LogP contribution < -0.4 is 10.6 Å². The Labute approximate surface area is 154 Å². The van der Waals surface area contributed by atoms with Gasteiger partial charge in [-0.05, 0) is 36.1 Å². The number of nitrogens with one attached hydrogen (secondary N) is 2. The van der Waals surface area contributed by atoms with Gasteiger partial charge in [-0.15, -0.1) is 0 Å². The third-order valence-electron chi connectivity index (χ3n) is 3.89. The minimum atomic E-state index is -0.486. The molecule has 134 valence electrons. The molecular formula is C18H27ClN2O2S. The summed E-state index contributed by atoms with van der Waals surface area (Å²) in [6.45, 7) is 6.37. The first-order valence-corrected chi connectivity index (χ1v) is 9.89. The lowest BCUT2D eigenvalue weighted by molar-refractivity contribution is -0.129. The van der Waals surface area contributed by atoms with E-state index in [-0.39, 0.29) is 17.2 Å². The van der Waals surface area contributed by atoms with Crippen LogP contribution in [0.25, 0.3) is 0 Å². The highest BCUT2D eigenvalue weighted by atomic mass is 35.5. The molecule has 0 aromatic heterocycles. The summed E-state index contributed by atoms with van der Waals surface area (Å²) in [5.41, 5.74) is 0.813. The number of carbonyl (C=O) groups is 2. The fourth-order valence-electron chi connectivity index (χ4n) is 2.24. The smallest absolute Gasteiger partial charge is 0.242 e. The molecule has 1 rings (SSSR count). The van der Waals surface area contributed by atoms with E-state index >= 15 is 0 Å². The third kappa shape index (κ3) is 6.73. The van der Waals surface area contributed by atoms with Crippen molar-refractivity contribution in [3.63, 3.8) is 0 Å². The van der Waals surface area contributed by atoms with Crippen LogP contribution in [0.3, 0.4) is 0 Å². The maximum Gasteiger partial charge on any atom is 0.242 e. The molecule has 4 nitrogen and oxygen atoms in total. The molecule has 0 fully saturated rings. The van der Waals surface area contributed by atoms with Crippen molar-refractivity contribution >= 4 is 35.2 Å². The Balaban J connectivity index is 2.70. The molecule has 2 N–H and O–H groups in total. The number of hydrogen-bond acceptors (Lipinski definition) is 3. The predicted molar refractivity (Wildman–Crippen MR) is 103 cm³/mol. The average molecular weight is 371 g/mol. The Morgan fingerprint density at radius 2 is 2.04 bits per heavy atom. The number of amides is 2. The number of benzene rings is 1. The van der Waals surface area contributed by atoms with E-state index in [9.17, 15) is 9.59 Å². The molecule has 0 spiro atoms. The van der Waals surface area contributed by atoms with Gasteiger partial charge in [0.05, 0.1) is 0 Å². The van der Waals surface area contributed by atoms with Gasteiger partial charge in [0.25, 0.3) is 0 Å². The van der Waals surface area contributed by atoms with Gasteiger partial charge < -0.3 is 10.6 Å². The van der Waals surface area contributed by atoms with Crippen LogP contribution in [-0.4, -0.2) is 36.4 Å². The molecule has 1 aromatic carbocycles. The van der Waals surface area contributed by atoms with Gasteiger partial charge in [0.2, 0.25) is 11.8 Å². The van der Waals surface area contributed by atoms with Crippen LogP contribution in [0.5, 0.6) is 0 Å². The summed E-state index contributed by atoms with van der Waals surface area (Å²) in [6, 6.07) is 7.17. The fraction of sp³-hybridized carbons (Fsp3) is 0.556. The third-order valence-corrected chi connectivity index (χ3v) is 4.77. The number of rotatable bonds is 9. The van der Waals surface area contributed by atoms with Crippen LogP contribution in [0.2, 0.25) is 5.02 Å². The van der Waals surface area contributed by atoms with Crippen molar-refractivity contribution in [2.45, 2.75) is 45.1 Å². The second-order valence-corrected chi connectivity index (χ2v) is 7.79. The molecular weight excluding hydrogens is 344 g/mol. The molecule has 0 bridgehead atoms. The molecule has 0 aliphatic rings. The van der Waals surface area contributed by atoms with Crippen LogP contribution in [0.4, 0.5) is 0 Å². The first-order valence-electron chi connectivity index (χ1n) is 8.12. The van der Waals surface area contributed by atoms with Crippen LogP contribution in [0.15, 0.2) is 24.3 Å². The summed E-state index contributed by atoms with van der Waals surface area (Å²) in [4.78, 5) is 24.1. The van der Waals surface area contributed by atoms with E-state index in [1.807, 2.05) is 30.5 Å². The number of carbonyl (C=O) groups excluding carboxylic acids is 2. The molecule has 2 amide bonds. The van der Waals surface area contributed by atoms with Gasteiger partial charge in [-0.1, -0.05) is 44.5 Å². The maximum absolute atomic E-state index is 12.5. The second kappa shape index (κ2) is 9.94. The van der Waals surface area contributed by atoms with Gasteiger partial charge in [-0.3, -0.25) is 9.59 Å². The highest BCUT2D eigenvalue weighted by Crippen LogP contribution is 2.24. The highest BCUT2D eigenvalue weighted by Gasteiger charge is 2.25. The van der Waals surface area contributed by atoms with Crippen LogP contribution in [0.1, 0.15) is 39.2 Å². The number of halogens is 1. The molecule has 0 heterocycles. The maximum atomic E-state index is 12.5. The normalized spacial score (nSPS) is 12.5. The zero-order valence-electron chi connectivity index (χ0n) is 14.8.